The first-order valence-electron chi connectivity index (χ1n) is 4.70. The second-order valence-corrected chi connectivity index (χ2v) is 3.09. The average molecular weight is 221 g/mol. The summed E-state index contributed by atoms with van der Waals surface area (Å²) in [6.45, 7) is 2.64. The Hall–Kier alpha value is -0.540. The van der Waals surface area contributed by atoms with E-state index in [1.54, 1.807) is 6.08 Å². The molecule has 0 saturated carbocycles. The molecule has 1 unspecified atom stereocenters. The highest BCUT2D eigenvalue weighted by atomic mass is 35.5. The maximum Gasteiger partial charge on any atom is 0.335 e. The standard InChI is InChI=1S/C10H17ClO3/c1-3-4-8-14-9(6-5-7-11)10(12)13-2/h5,7,9H,3-4,6,8H2,1-2H3/b7-5+. The summed E-state index contributed by atoms with van der Waals surface area (Å²) >= 11 is 5.37. The lowest BCUT2D eigenvalue weighted by molar-refractivity contribution is -0.153. The van der Waals surface area contributed by atoms with Gasteiger partial charge in [-0.2, -0.15) is 0 Å². The molecule has 0 aromatic rings. The monoisotopic (exact) mass is 220 g/mol. The van der Waals surface area contributed by atoms with E-state index in [0.29, 0.717) is 13.0 Å². The Labute approximate surface area is 90.0 Å². The van der Waals surface area contributed by atoms with Gasteiger partial charge in [0.15, 0.2) is 6.10 Å². The van der Waals surface area contributed by atoms with Crippen molar-refractivity contribution in [2.75, 3.05) is 13.7 Å². The third-order valence-corrected chi connectivity index (χ3v) is 1.90. The minimum absolute atomic E-state index is 0.351. The maximum absolute atomic E-state index is 11.2. The van der Waals surface area contributed by atoms with Crippen molar-refractivity contribution in [3.8, 4) is 0 Å². The van der Waals surface area contributed by atoms with Gasteiger partial charge in [-0.1, -0.05) is 31.0 Å². The highest BCUT2D eigenvalue weighted by molar-refractivity contribution is 6.25. The van der Waals surface area contributed by atoms with Crippen LogP contribution in [0.1, 0.15) is 26.2 Å². The molecule has 0 bridgehead atoms. The van der Waals surface area contributed by atoms with E-state index < -0.39 is 6.10 Å². The number of esters is 1. The molecule has 4 heteroatoms. The minimum atomic E-state index is -0.526. The molecule has 0 aliphatic rings. The highest BCUT2D eigenvalue weighted by Gasteiger charge is 2.17. The van der Waals surface area contributed by atoms with Crippen LogP contribution in [-0.2, 0) is 14.3 Å². The van der Waals surface area contributed by atoms with Crippen molar-refractivity contribution in [3.63, 3.8) is 0 Å². The first kappa shape index (κ1) is 13.5. The maximum atomic E-state index is 11.2. The number of carbonyl (C=O) groups is 1. The zero-order valence-electron chi connectivity index (χ0n) is 8.66. The van der Waals surface area contributed by atoms with Crippen LogP contribution < -0.4 is 0 Å². The molecule has 0 fully saturated rings. The topological polar surface area (TPSA) is 35.5 Å². The summed E-state index contributed by atoms with van der Waals surface area (Å²) in [5.74, 6) is -0.351. The van der Waals surface area contributed by atoms with Crippen LogP contribution in [0.15, 0.2) is 11.6 Å². The van der Waals surface area contributed by atoms with Crippen LogP contribution >= 0.6 is 11.6 Å². The molecule has 0 rings (SSSR count). The molecular formula is C10H17ClO3. The van der Waals surface area contributed by atoms with Crippen molar-refractivity contribution in [2.24, 2.45) is 0 Å². The Bertz CT molecular complexity index is 180. The summed E-state index contributed by atoms with van der Waals surface area (Å²) in [6, 6.07) is 0. The predicted octanol–water partition coefficient (Wildman–Crippen LogP) is 2.49. The van der Waals surface area contributed by atoms with E-state index in [1.807, 2.05) is 0 Å². The number of rotatable bonds is 7. The fraction of sp³-hybridized carbons (Fsp3) is 0.700. The van der Waals surface area contributed by atoms with Gasteiger partial charge >= 0.3 is 5.97 Å². The minimum Gasteiger partial charge on any atom is -0.467 e. The van der Waals surface area contributed by atoms with Crippen LogP contribution in [0.5, 0.6) is 0 Å². The fourth-order valence-corrected chi connectivity index (χ4v) is 1.01. The van der Waals surface area contributed by atoms with Crippen molar-refractivity contribution in [1.29, 1.82) is 0 Å². The summed E-state index contributed by atoms with van der Waals surface area (Å²) in [6.07, 6.45) is 3.59. The Morgan fingerprint density at radius 1 is 1.57 bits per heavy atom. The van der Waals surface area contributed by atoms with Crippen molar-refractivity contribution in [1.82, 2.24) is 0 Å². The number of halogens is 1. The molecule has 0 aliphatic heterocycles. The Kier molecular flexibility index (Phi) is 8.68. The molecule has 0 spiro atoms. The number of hydrogen-bond donors (Lipinski definition) is 0. The molecule has 0 aromatic carbocycles. The largest absolute Gasteiger partial charge is 0.467 e. The summed E-state index contributed by atoms with van der Waals surface area (Å²) in [5.41, 5.74) is 1.37. The van der Waals surface area contributed by atoms with Crippen molar-refractivity contribution in [3.05, 3.63) is 11.6 Å². The lowest BCUT2D eigenvalue weighted by Gasteiger charge is -2.13. The van der Waals surface area contributed by atoms with E-state index in [2.05, 4.69) is 11.7 Å². The molecule has 0 aliphatic carbocycles. The SMILES string of the molecule is CCCCOC(C/C=C/Cl)C(=O)OC. The van der Waals surface area contributed by atoms with Gasteiger partial charge in [0.1, 0.15) is 0 Å². The summed E-state index contributed by atoms with van der Waals surface area (Å²) in [4.78, 5) is 11.2. The number of ether oxygens (including phenoxy) is 2. The van der Waals surface area contributed by atoms with E-state index in [0.717, 1.165) is 12.8 Å². The van der Waals surface area contributed by atoms with E-state index in [1.165, 1.54) is 12.6 Å². The normalized spacial score (nSPS) is 13.1. The lowest BCUT2D eigenvalue weighted by atomic mass is 10.2. The van der Waals surface area contributed by atoms with Gasteiger partial charge < -0.3 is 9.47 Å². The second-order valence-electron chi connectivity index (χ2n) is 2.83. The molecule has 0 aromatic heterocycles. The lowest BCUT2D eigenvalue weighted by Crippen LogP contribution is -2.25. The van der Waals surface area contributed by atoms with Gasteiger partial charge in [-0.3, -0.25) is 0 Å². The Morgan fingerprint density at radius 3 is 2.79 bits per heavy atom. The second kappa shape index (κ2) is 9.03. The van der Waals surface area contributed by atoms with Gasteiger partial charge in [0, 0.05) is 18.6 Å². The average Bonchev–Trinajstić information content (AvgIpc) is 2.22. The molecule has 14 heavy (non-hydrogen) atoms. The fourth-order valence-electron chi connectivity index (χ4n) is 0.909. The third-order valence-electron chi connectivity index (χ3n) is 1.72. The number of methoxy groups -OCH3 is 1. The van der Waals surface area contributed by atoms with Crippen molar-refractivity contribution < 1.29 is 14.3 Å². The first-order chi connectivity index (χ1) is 6.76. The van der Waals surface area contributed by atoms with Crippen LogP contribution in [0.25, 0.3) is 0 Å². The van der Waals surface area contributed by atoms with E-state index >= 15 is 0 Å². The third kappa shape index (κ3) is 6.00. The van der Waals surface area contributed by atoms with E-state index in [9.17, 15) is 4.79 Å². The van der Waals surface area contributed by atoms with Gasteiger partial charge in [0.2, 0.25) is 0 Å². The van der Waals surface area contributed by atoms with Crippen LogP contribution in [0.4, 0.5) is 0 Å². The van der Waals surface area contributed by atoms with Crippen molar-refractivity contribution >= 4 is 17.6 Å². The van der Waals surface area contributed by atoms with Crippen LogP contribution in [0.2, 0.25) is 0 Å². The summed E-state index contributed by atoms with van der Waals surface area (Å²) < 4.78 is 9.95. The molecule has 0 amide bonds. The van der Waals surface area contributed by atoms with Gasteiger partial charge in [0.05, 0.1) is 7.11 Å². The molecule has 82 valence electrons. The molecule has 0 N–H and O–H groups in total. The Morgan fingerprint density at radius 2 is 2.29 bits per heavy atom. The Balaban J connectivity index is 3.90. The molecule has 0 radical (unpaired) electrons. The number of unbranched alkanes of at least 4 members (excludes halogenated alkanes) is 1. The highest BCUT2D eigenvalue weighted by Crippen LogP contribution is 2.04. The van der Waals surface area contributed by atoms with E-state index in [-0.39, 0.29) is 5.97 Å². The van der Waals surface area contributed by atoms with Gasteiger partial charge in [0.25, 0.3) is 0 Å². The molecule has 0 saturated heterocycles. The molecular weight excluding hydrogens is 204 g/mol. The molecule has 3 nitrogen and oxygen atoms in total. The van der Waals surface area contributed by atoms with E-state index in [4.69, 9.17) is 16.3 Å². The predicted molar refractivity (Wildman–Crippen MR) is 56.3 cm³/mol. The van der Waals surface area contributed by atoms with Gasteiger partial charge in [-0.15, -0.1) is 0 Å². The summed E-state index contributed by atoms with van der Waals surface area (Å²) in [5, 5.41) is 0. The van der Waals surface area contributed by atoms with Gasteiger partial charge in [-0.25, -0.2) is 4.79 Å². The van der Waals surface area contributed by atoms with Crippen LogP contribution in [0.3, 0.4) is 0 Å². The number of hydrogen-bond acceptors (Lipinski definition) is 3. The van der Waals surface area contributed by atoms with Crippen LogP contribution in [0, 0.1) is 0 Å². The first-order valence-corrected chi connectivity index (χ1v) is 5.14. The smallest absolute Gasteiger partial charge is 0.335 e. The number of carbonyl (C=O) groups excluding carboxylic acids is 1. The van der Waals surface area contributed by atoms with Gasteiger partial charge in [-0.05, 0) is 6.42 Å². The van der Waals surface area contributed by atoms with Crippen LogP contribution in [-0.4, -0.2) is 25.8 Å². The zero-order valence-corrected chi connectivity index (χ0v) is 9.42. The zero-order chi connectivity index (χ0) is 10.8. The molecule has 1 atom stereocenters. The summed E-state index contributed by atoms with van der Waals surface area (Å²) in [7, 11) is 1.35. The molecule has 0 heterocycles. The van der Waals surface area contributed by atoms with Crippen molar-refractivity contribution in [2.45, 2.75) is 32.3 Å². The quantitative estimate of drug-likeness (QED) is 0.489.